The van der Waals surface area contributed by atoms with Gasteiger partial charge in [-0.25, -0.2) is 4.68 Å². The Labute approximate surface area is 235 Å². The maximum Gasteiger partial charge on any atom is 0.157 e. The average molecular weight is 542 g/mol. The monoisotopic (exact) mass is 541 g/mol. The third-order valence-electron chi connectivity index (χ3n) is 8.99. The second-order valence-electron chi connectivity index (χ2n) is 12.8. The minimum absolute atomic E-state index is 0.232. The lowest BCUT2D eigenvalue weighted by Crippen LogP contribution is -2.41. The third kappa shape index (κ3) is 4.48. The molecule has 2 aromatic carbocycles. The van der Waals surface area contributed by atoms with E-state index >= 15 is 0 Å². The van der Waals surface area contributed by atoms with Gasteiger partial charge in [0.2, 0.25) is 0 Å². The number of benzene rings is 2. The Morgan fingerprint density at radius 2 is 1.90 bits per heavy atom. The van der Waals surface area contributed by atoms with E-state index in [2.05, 4.69) is 65.2 Å². The summed E-state index contributed by atoms with van der Waals surface area (Å²) in [7, 11) is 1.89. The quantitative estimate of drug-likeness (QED) is 0.350. The first-order valence-electron chi connectivity index (χ1n) is 14.1. The zero-order valence-electron chi connectivity index (χ0n) is 24.2. The zero-order chi connectivity index (χ0) is 28.4. The van der Waals surface area contributed by atoms with Gasteiger partial charge in [0.05, 0.1) is 5.52 Å². The fraction of sp³-hybridized carbons (Fsp3) is 0.469. The van der Waals surface area contributed by atoms with Gasteiger partial charge in [0.25, 0.3) is 0 Å². The van der Waals surface area contributed by atoms with E-state index in [1.807, 2.05) is 39.2 Å². The van der Waals surface area contributed by atoms with Crippen LogP contribution in [0.2, 0.25) is 0 Å². The maximum absolute atomic E-state index is 10.6. The van der Waals surface area contributed by atoms with Gasteiger partial charge in [-0.1, -0.05) is 43.3 Å². The highest BCUT2D eigenvalue weighted by Gasteiger charge is 2.41. The molecule has 2 atom stereocenters. The number of rotatable bonds is 5. The number of hydrogen-bond acceptors (Lipinski definition) is 7. The van der Waals surface area contributed by atoms with Gasteiger partial charge in [-0.15, -0.1) is 5.10 Å². The number of aromatic nitrogens is 4. The molecule has 0 amide bonds. The lowest BCUT2D eigenvalue weighted by Gasteiger charge is -2.38. The summed E-state index contributed by atoms with van der Waals surface area (Å²) in [4.78, 5) is 6.90. The SMILES string of the molecule is Cc1c(C(c2ccc3c(c2)C(N2Cc4cnccc4OC(C)(C)C2)CC3)C(C)(C)C(O)O)ccc2c1nnn2C. The van der Waals surface area contributed by atoms with E-state index in [0.29, 0.717) is 0 Å². The summed E-state index contributed by atoms with van der Waals surface area (Å²) in [6, 6.07) is 13.0. The summed E-state index contributed by atoms with van der Waals surface area (Å²) < 4.78 is 8.18. The maximum atomic E-state index is 10.6. The van der Waals surface area contributed by atoms with Crippen molar-refractivity contribution < 1.29 is 14.9 Å². The zero-order valence-corrected chi connectivity index (χ0v) is 24.2. The van der Waals surface area contributed by atoms with Crippen molar-refractivity contribution >= 4 is 11.0 Å². The van der Waals surface area contributed by atoms with Crippen molar-refractivity contribution in [1.82, 2.24) is 24.9 Å². The van der Waals surface area contributed by atoms with Crippen LogP contribution in [0.25, 0.3) is 11.0 Å². The van der Waals surface area contributed by atoms with Crippen molar-refractivity contribution in [1.29, 1.82) is 0 Å². The van der Waals surface area contributed by atoms with Gasteiger partial charge in [0, 0.05) is 55.5 Å². The summed E-state index contributed by atoms with van der Waals surface area (Å²) in [5.74, 6) is 0.641. The van der Waals surface area contributed by atoms with Gasteiger partial charge in [0.1, 0.15) is 16.9 Å². The van der Waals surface area contributed by atoms with Gasteiger partial charge in [0.15, 0.2) is 6.29 Å². The molecule has 0 bridgehead atoms. The van der Waals surface area contributed by atoms with Crippen LogP contribution in [-0.4, -0.2) is 53.5 Å². The fourth-order valence-corrected chi connectivity index (χ4v) is 6.83. The molecule has 6 rings (SSSR count). The molecule has 0 spiro atoms. The van der Waals surface area contributed by atoms with Crippen LogP contribution in [0.5, 0.6) is 5.75 Å². The molecule has 0 saturated carbocycles. The van der Waals surface area contributed by atoms with Gasteiger partial charge in [-0.2, -0.15) is 0 Å². The molecule has 8 nitrogen and oxygen atoms in total. The molecule has 210 valence electrons. The molecule has 4 aromatic rings. The number of pyridine rings is 1. The molecule has 1 aliphatic carbocycles. The minimum atomic E-state index is -1.51. The number of fused-ring (bicyclic) bond motifs is 3. The van der Waals surface area contributed by atoms with E-state index in [-0.39, 0.29) is 17.6 Å². The number of aliphatic hydroxyl groups is 2. The summed E-state index contributed by atoms with van der Waals surface area (Å²) in [5.41, 5.74) is 7.48. The summed E-state index contributed by atoms with van der Waals surface area (Å²) in [6.07, 6.45) is 4.25. The Bertz CT molecular complexity index is 1570. The first-order chi connectivity index (χ1) is 19.0. The van der Waals surface area contributed by atoms with Gasteiger partial charge in [-0.05, 0) is 73.6 Å². The van der Waals surface area contributed by atoms with Crippen LogP contribution in [-0.2, 0) is 20.0 Å². The predicted octanol–water partition coefficient (Wildman–Crippen LogP) is 4.80. The number of ether oxygens (including phenoxy) is 1. The molecule has 1 aliphatic heterocycles. The normalized spacial score (nSPS) is 19.8. The molecule has 0 radical (unpaired) electrons. The predicted molar refractivity (Wildman–Crippen MR) is 154 cm³/mol. The molecule has 0 fully saturated rings. The van der Waals surface area contributed by atoms with E-state index in [0.717, 1.165) is 65.0 Å². The van der Waals surface area contributed by atoms with E-state index < -0.39 is 11.7 Å². The van der Waals surface area contributed by atoms with E-state index in [4.69, 9.17) is 4.74 Å². The van der Waals surface area contributed by atoms with E-state index in [1.54, 1.807) is 10.9 Å². The molecule has 8 heteroatoms. The lowest BCUT2D eigenvalue weighted by molar-refractivity contribution is -0.127. The Balaban J connectivity index is 1.44. The van der Waals surface area contributed by atoms with Crippen LogP contribution in [0.1, 0.15) is 79.5 Å². The minimum Gasteiger partial charge on any atom is -0.486 e. The molecule has 2 N–H and O–H groups in total. The summed E-state index contributed by atoms with van der Waals surface area (Å²) >= 11 is 0. The Kier molecular flexibility index (Phi) is 6.48. The molecular formula is C32H39N5O3. The van der Waals surface area contributed by atoms with Crippen molar-refractivity contribution in [3.05, 3.63) is 82.2 Å². The topological polar surface area (TPSA) is 96.5 Å². The molecule has 2 aliphatic rings. The first kappa shape index (κ1) is 26.9. The average Bonchev–Trinajstić information content (AvgIpc) is 3.45. The summed E-state index contributed by atoms with van der Waals surface area (Å²) in [5, 5.41) is 29.9. The third-order valence-corrected chi connectivity index (χ3v) is 8.99. The summed E-state index contributed by atoms with van der Waals surface area (Å²) in [6.45, 7) is 11.8. The highest BCUT2D eigenvalue weighted by atomic mass is 16.5. The second-order valence-corrected chi connectivity index (χ2v) is 12.8. The van der Waals surface area contributed by atoms with Gasteiger partial charge >= 0.3 is 0 Å². The fourth-order valence-electron chi connectivity index (χ4n) is 6.83. The first-order valence-corrected chi connectivity index (χ1v) is 14.1. The van der Waals surface area contributed by atoms with Crippen LogP contribution < -0.4 is 4.74 Å². The van der Waals surface area contributed by atoms with E-state index in [9.17, 15) is 10.2 Å². The smallest absolute Gasteiger partial charge is 0.157 e. The molecule has 2 aromatic heterocycles. The Hall–Kier alpha value is -3.33. The van der Waals surface area contributed by atoms with Crippen LogP contribution in [0.3, 0.4) is 0 Å². The Morgan fingerprint density at radius 3 is 2.67 bits per heavy atom. The number of hydrogen-bond donors (Lipinski definition) is 2. The molecule has 40 heavy (non-hydrogen) atoms. The number of nitrogens with zero attached hydrogens (tertiary/aromatic N) is 5. The van der Waals surface area contributed by atoms with Crippen molar-refractivity contribution in [2.75, 3.05) is 6.54 Å². The van der Waals surface area contributed by atoms with Crippen molar-refractivity contribution in [2.24, 2.45) is 12.5 Å². The standard InChI is InChI=1S/C32H39N5O3/c1-19-23(10-12-26-29(19)34-35-36(26)6)28(32(4,5)30(38)39)21-8-7-20-9-11-25(24(20)15-21)37-17-22-16-33-14-13-27(22)40-31(2,3)18-37/h7-8,10,12-16,25,28,30,38-39H,9,11,17-18H2,1-6H3. The highest BCUT2D eigenvalue weighted by Crippen LogP contribution is 2.47. The molecular weight excluding hydrogens is 502 g/mol. The van der Waals surface area contributed by atoms with Crippen molar-refractivity contribution in [3.63, 3.8) is 0 Å². The van der Waals surface area contributed by atoms with E-state index in [1.165, 1.54) is 11.1 Å². The highest BCUT2D eigenvalue weighted by molar-refractivity contribution is 5.79. The lowest BCUT2D eigenvalue weighted by atomic mass is 9.69. The van der Waals surface area contributed by atoms with Crippen LogP contribution in [0.15, 0.2) is 48.8 Å². The van der Waals surface area contributed by atoms with Crippen molar-refractivity contribution in [2.45, 2.75) is 77.9 Å². The largest absolute Gasteiger partial charge is 0.486 e. The number of aryl methyl sites for hydroxylation is 3. The molecule has 3 heterocycles. The van der Waals surface area contributed by atoms with Gasteiger partial charge in [-0.3, -0.25) is 9.88 Å². The molecule has 0 saturated heterocycles. The van der Waals surface area contributed by atoms with Crippen LogP contribution in [0.4, 0.5) is 0 Å². The Morgan fingerprint density at radius 1 is 1.10 bits per heavy atom. The van der Waals surface area contributed by atoms with Crippen molar-refractivity contribution in [3.8, 4) is 5.75 Å². The van der Waals surface area contributed by atoms with Crippen LogP contribution >= 0.6 is 0 Å². The van der Waals surface area contributed by atoms with Crippen LogP contribution in [0, 0.1) is 12.3 Å². The second kappa shape index (κ2) is 9.65. The number of aliphatic hydroxyl groups excluding tert-OH is 1. The molecule has 2 unspecified atom stereocenters. The van der Waals surface area contributed by atoms with Gasteiger partial charge < -0.3 is 14.9 Å².